The van der Waals surface area contributed by atoms with Crippen LogP contribution in [0.25, 0.3) is 0 Å². The minimum absolute atomic E-state index is 0.178. The van der Waals surface area contributed by atoms with E-state index >= 15 is 0 Å². The molecule has 112 valence electrons. The van der Waals surface area contributed by atoms with E-state index < -0.39 is 0 Å². The van der Waals surface area contributed by atoms with E-state index in [9.17, 15) is 4.39 Å². The first-order chi connectivity index (χ1) is 10.2. The molecule has 0 saturated heterocycles. The van der Waals surface area contributed by atoms with Crippen molar-refractivity contribution in [2.45, 2.75) is 32.2 Å². The summed E-state index contributed by atoms with van der Waals surface area (Å²) in [5.41, 5.74) is 2.46. The highest BCUT2D eigenvalue weighted by atomic mass is 79.9. The average Bonchev–Trinajstić information content (AvgIpc) is 2.49. The normalized spacial score (nSPS) is 12.3. The van der Waals surface area contributed by atoms with Gasteiger partial charge in [0.05, 0.1) is 0 Å². The Morgan fingerprint density at radius 2 is 1.76 bits per heavy atom. The van der Waals surface area contributed by atoms with Gasteiger partial charge in [0.1, 0.15) is 5.82 Å². The van der Waals surface area contributed by atoms with Gasteiger partial charge >= 0.3 is 0 Å². The first kappa shape index (κ1) is 16.2. The zero-order valence-corrected chi connectivity index (χ0v) is 13.9. The lowest BCUT2D eigenvalue weighted by atomic mass is 9.99. The molecule has 0 saturated carbocycles. The largest absolute Gasteiger partial charge is 0.313 e. The molecule has 2 aromatic carbocycles. The number of rotatable bonds is 7. The van der Waals surface area contributed by atoms with Gasteiger partial charge in [0.15, 0.2) is 0 Å². The third-order valence-corrected chi connectivity index (χ3v) is 4.28. The Labute approximate surface area is 134 Å². The third-order valence-electron chi connectivity index (χ3n) is 3.50. The predicted molar refractivity (Wildman–Crippen MR) is 90.0 cm³/mol. The van der Waals surface area contributed by atoms with E-state index in [0.29, 0.717) is 6.04 Å². The lowest BCUT2D eigenvalue weighted by Crippen LogP contribution is -2.33. The second-order valence-corrected chi connectivity index (χ2v) is 6.13. The Morgan fingerprint density at radius 1 is 1.05 bits per heavy atom. The molecule has 1 unspecified atom stereocenters. The van der Waals surface area contributed by atoms with E-state index in [1.54, 1.807) is 0 Å². The number of nitrogens with one attached hydrogen (secondary N) is 1. The Kier molecular flexibility index (Phi) is 6.40. The zero-order chi connectivity index (χ0) is 15.1. The zero-order valence-electron chi connectivity index (χ0n) is 12.3. The van der Waals surface area contributed by atoms with Crippen LogP contribution >= 0.6 is 15.9 Å². The highest BCUT2D eigenvalue weighted by Gasteiger charge is 2.11. The molecule has 3 heteroatoms. The van der Waals surface area contributed by atoms with E-state index in [1.807, 2.05) is 18.2 Å². The summed E-state index contributed by atoms with van der Waals surface area (Å²) in [6.07, 6.45) is 2.97. The summed E-state index contributed by atoms with van der Waals surface area (Å²) in [5, 5.41) is 3.59. The summed E-state index contributed by atoms with van der Waals surface area (Å²) < 4.78 is 14.2. The molecule has 0 bridgehead atoms. The molecule has 0 spiro atoms. The summed E-state index contributed by atoms with van der Waals surface area (Å²) in [4.78, 5) is 0. The van der Waals surface area contributed by atoms with Crippen molar-refractivity contribution in [3.8, 4) is 0 Å². The van der Waals surface area contributed by atoms with Crippen molar-refractivity contribution in [3.63, 3.8) is 0 Å². The van der Waals surface area contributed by atoms with Gasteiger partial charge < -0.3 is 5.32 Å². The van der Waals surface area contributed by atoms with Gasteiger partial charge in [-0.2, -0.15) is 0 Å². The molecule has 0 aliphatic heterocycles. The molecule has 0 radical (unpaired) electrons. The predicted octanol–water partition coefficient (Wildman–Crippen LogP) is 4.74. The van der Waals surface area contributed by atoms with Gasteiger partial charge in [-0.25, -0.2) is 4.39 Å². The van der Waals surface area contributed by atoms with Crippen LogP contribution in [0.15, 0.2) is 53.0 Å². The summed E-state index contributed by atoms with van der Waals surface area (Å²) in [5.74, 6) is -0.178. The first-order valence-corrected chi connectivity index (χ1v) is 8.19. The summed E-state index contributed by atoms with van der Waals surface area (Å²) >= 11 is 3.61. The monoisotopic (exact) mass is 349 g/mol. The van der Waals surface area contributed by atoms with E-state index in [-0.39, 0.29) is 5.82 Å². The number of halogens is 2. The lowest BCUT2D eigenvalue weighted by molar-refractivity contribution is 0.503. The van der Waals surface area contributed by atoms with Crippen molar-refractivity contribution in [2.24, 2.45) is 0 Å². The molecule has 0 aliphatic rings. The highest BCUT2D eigenvalue weighted by molar-refractivity contribution is 9.10. The third kappa shape index (κ3) is 5.25. The summed E-state index contributed by atoms with van der Waals surface area (Å²) in [6, 6.07) is 15.5. The standard InChI is InChI=1S/C18H21BrFN/c1-2-11-21-17(12-14-7-9-16(20)10-8-14)13-15-5-3-4-6-18(15)19/h3-10,17,21H,2,11-13H2,1H3. The van der Waals surface area contributed by atoms with Crippen molar-refractivity contribution in [3.05, 3.63) is 69.9 Å². The fourth-order valence-corrected chi connectivity index (χ4v) is 2.85. The Morgan fingerprint density at radius 3 is 2.43 bits per heavy atom. The van der Waals surface area contributed by atoms with Crippen molar-refractivity contribution >= 4 is 15.9 Å². The van der Waals surface area contributed by atoms with Crippen LogP contribution in [-0.2, 0) is 12.8 Å². The first-order valence-electron chi connectivity index (χ1n) is 7.40. The Hall–Kier alpha value is -1.19. The average molecular weight is 350 g/mol. The van der Waals surface area contributed by atoms with E-state index in [2.05, 4.69) is 46.4 Å². The molecule has 0 heterocycles. The van der Waals surface area contributed by atoms with Crippen molar-refractivity contribution < 1.29 is 4.39 Å². The Bertz CT molecular complexity index is 553. The molecular weight excluding hydrogens is 329 g/mol. The van der Waals surface area contributed by atoms with Crippen LogP contribution < -0.4 is 5.32 Å². The van der Waals surface area contributed by atoms with Crippen molar-refractivity contribution in [1.29, 1.82) is 0 Å². The molecular formula is C18H21BrFN. The van der Waals surface area contributed by atoms with Gasteiger partial charge in [0.2, 0.25) is 0 Å². The number of hydrogen-bond donors (Lipinski definition) is 1. The number of benzene rings is 2. The molecule has 1 N–H and O–H groups in total. The fraction of sp³-hybridized carbons (Fsp3) is 0.333. The minimum atomic E-state index is -0.178. The van der Waals surface area contributed by atoms with Crippen LogP contribution in [-0.4, -0.2) is 12.6 Å². The minimum Gasteiger partial charge on any atom is -0.313 e. The molecule has 1 atom stereocenters. The topological polar surface area (TPSA) is 12.0 Å². The maximum atomic E-state index is 13.0. The molecule has 0 aromatic heterocycles. The van der Waals surface area contributed by atoms with Gasteiger partial charge in [0, 0.05) is 10.5 Å². The lowest BCUT2D eigenvalue weighted by Gasteiger charge is -2.19. The van der Waals surface area contributed by atoms with Crippen LogP contribution in [0.4, 0.5) is 4.39 Å². The highest BCUT2D eigenvalue weighted by Crippen LogP contribution is 2.19. The second kappa shape index (κ2) is 8.30. The molecule has 2 aromatic rings. The van der Waals surface area contributed by atoms with Crippen LogP contribution in [0.2, 0.25) is 0 Å². The Balaban J connectivity index is 2.07. The van der Waals surface area contributed by atoms with E-state index in [0.717, 1.165) is 35.8 Å². The van der Waals surface area contributed by atoms with Gasteiger partial charge in [-0.15, -0.1) is 0 Å². The van der Waals surface area contributed by atoms with Crippen LogP contribution in [0.1, 0.15) is 24.5 Å². The van der Waals surface area contributed by atoms with Crippen molar-refractivity contribution in [1.82, 2.24) is 5.32 Å². The molecule has 0 amide bonds. The molecule has 21 heavy (non-hydrogen) atoms. The van der Waals surface area contributed by atoms with Crippen LogP contribution in [0, 0.1) is 5.82 Å². The van der Waals surface area contributed by atoms with Gasteiger partial charge in [-0.3, -0.25) is 0 Å². The molecule has 0 fully saturated rings. The maximum Gasteiger partial charge on any atom is 0.123 e. The number of hydrogen-bond acceptors (Lipinski definition) is 1. The van der Waals surface area contributed by atoms with Crippen molar-refractivity contribution in [2.75, 3.05) is 6.54 Å². The quantitative estimate of drug-likeness (QED) is 0.760. The van der Waals surface area contributed by atoms with Crippen LogP contribution in [0.5, 0.6) is 0 Å². The molecule has 1 nitrogen and oxygen atoms in total. The van der Waals surface area contributed by atoms with E-state index in [1.165, 1.54) is 17.7 Å². The fourth-order valence-electron chi connectivity index (χ4n) is 2.40. The summed E-state index contributed by atoms with van der Waals surface area (Å²) in [7, 11) is 0. The molecule has 0 aliphatic carbocycles. The van der Waals surface area contributed by atoms with Gasteiger partial charge in [0.25, 0.3) is 0 Å². The van der Waals surface area contributed by atoms with Crippen LogP contribution in [0.3, 0.4) is 0 Å². The van der Waals surface area contributed by atoms with E-state index in [4.69, 9.17) is 0 Å². The second-order valence-electron chi connectivity index (χ2n) is 5.28. The van der Waals surface area contributed by atoms with Gasteiger partial charge in [-0.05, 0) is 55.1 Å². The van der Waals surface area contributed by atoms with Gasteiger partial charge in [-0.1, -0.05) is 53.2 Å². The molecule has 2 rings (SSSR count). The summed E-state index contributed by atoms with van der Waals surface area (Å²) in [6.45, 7) is 3.16. The smallest absolute Gasteiger partial charge is 0.123 e. The maximum absolute atomic E-state index is 13.0. The SMILES string of the molecule is CCCNC(Cc1ccc(F)cc1)Cc1ccccc1Br.